The van der Waals surface area contributed by atoms with E-state index in [2.05, 4.69) is 37.8 Å². The third kappa shape index (κ3) is 3.94. The summed E-state index contributed by atoms with van der Waals surface area (Å²) >= 11 is 0. The van der Waals surface area contributed by atoms with Crippen molar-refractivity contribution < 1.29 is 21.7 Å². The first-order valence-corrected chi connectivity index (χ1v) is 9.22. The van der Waals surface area contributed by atoms with Gasteiger partial charge in [0.15, 0.2) is 0 Å². The van der Waals surface area contributed by atoms with Gasteiger partial charge in [0.2, 0.25) is 0 Å². The summed E-state index contributed by atoms with van der Waals surface area (Å²) in [7, 11) is -0.821. The minimum atomic E-state index is -0.821. The van der Waals surface area contributed by atoms with Crippen LogP contribution in [-0.2, 0) is 21.7 Å². The molecule has 0 aromatic carbocycles. The second-order valence-electron chi connectivity index (χ2n) is 5.27. The minimum Gasteiger partial charge on any atom is -0.273 e. The predicted octanol–water partition coefficient (Wildman–Crippen LogP) is 4.59. The zero-order chi connectivity index (χ0) is 11.4. The van der Waals surface area contributed by atoms with E-state index in [1.807, 2.05) is 12.2 Å². The van der Waals surface area contributed by atoms with Crippen LogP contribution in [0.2, 0.25) is 18.6 Å². The zero-order valence-corrected chi connectivity index (χ0v) is 13.5. The number of allylic oxidation sites excluding steroid dienone is 8. The van der Waals surface area contributed by atoms with Crippen molar-refractivity contribution in [1.29, 1.82) is 0 Å². The Hall–Kier alpha value is -0.109. The van der Waals surface area contributed by atoms with Crippen molar-refractivity contribution in [1.82, 2.24) is 0 Å². The average Bonchev–Trinajstić information content (AvgIpc) is 2.87. The first kappa shape index (κ1) is 15.0. The second kappa shape index (κ2) is 6.72. The molecule has 0 atom stereocenters. The fraction of sp³-hybridized carbons (Fsp3) is 0.467. The van der Waals surface area contributed by atoms with Crippen LogP contribution in [0.3, 0.4) is 0 Å². The van der Waals surface area contributed by atoms with E-state index in [1.165, 1.54) is 12.8 Å². The van der Waals surface area contributed by atoms with E-state index in [0.717, 1.165) is 6.42 Å². The molecule has 0 bridgehead atoms. The molecule has 2 heteroatoms. The molecule has 3 aliphatic rings. The molecule has 17 heavy (non-hydrogen) atoms. The third-order valence-corrected chi connectivity index (χ3v) is 8.44. The maximum Gasteiger partial charge on any atom is 0.0832 e. The van der Waals surface area contributed by atoms with Gasteiger partial charge in [-0.25, -0.2) is 12.2 Å². The maximum atomic E-state index is 2.99. The van der Waals surface area contributed by atoms with Gasteiger partial charge in [-0.15, -0.1) is 6.42 Å². The summed E-state index contributed by atoms with van der Waals surface area (Å²) in [5.74, 6) is 0. The van der Waals surface area contributed by atoms with Gasteiger partial charge in [0, 0.05) is 21.7 Å². The topological polar surface area (TPSA) is 0 Å². The SMILES string of the molecule is CC1=CC([Si]2(C)CCC2)=CC1.[C-]1=CC=CC1.[Ti]. The summed E-state index contributed by atoms with van der Waals surface area (Å²) in [6, 6.07) is 3.09. The van der Waals surface area contributed by atoms with Crippen LogP contribution in [0.15, 0.2) is 41.1 Å². The molecule has 1 aliphatic heterocycles. The summed E-state index contributed by atoms with van der Waals surface area (Å²) in [5, 5.41) is 1.75. The van der Waals surface area contributed by atoms with Crippen LogP contribution in [0.4, 0.5) is 0 Å². The van der Waals surface area contributed by atoms with Crippen LogP contribution in [0.5, 0.6) is 0 Å². The maximum absolute atomic E-state index is 2.99. The molecule has 90 valence electrons. The molecular weight excluding hydrogens is 256 g/mol. The Morgan fingerprint density at radius 2 is 2.06 bits per heavy atom. The number of rotatable bonds is 1. The Kier molecular flexibility index (Phi) is 5.91. The van der Waals surface area contributed by atoms with Crippen molar-refractivity contribution in [2.75, 3.05) is 0 Å². The number of hydrogen-bond acceptors (Lipinski definition) is 0. The average molecular weight is 277 g/mol. The Bertz CT molecular complexity index is 360. The van der Waals surface area contributed by atoms with E-state index in [0.29, 0.717) is 0 Å². The monoisotopic (exact) mass is 277 g/mol. The Balaban J connectivity index is 0.000000205. The normalized spacial score (nSPS) is 22.9. The molecule has 1 heterocycles. The second-order valence-corrected chi connectivity index (χ2v) is 9.97. The van der Waals surface area contributed by atoms with E-state index >= 15 is 0 Å². The fourth-order valence-electron chi connectivity index (χ4n) is 2.41. The van der Waals surface area contributed by atoms with Crippen molar-refractivity contribution in [2.45, 2.75) is 44.8 Å². The van der Waals surface area contributed by atoms with Gasteiger partial charge >= 0.3 is 0 Å². The van der Waals surface area contributed by atoms with Crippen LogP contribution in [0, 0.1) is 6.08 Å². The van der Waals surface area contributed by atoms with Gasteiger partial charge < -0.3 is 0 Å². The minimum absolute atomic E-state index is 0. The van der Waals surface area contributed by atoms with Gasteiger partial charge in [0.1, 0.15) is 0 Å². The fourth-order valence-corrected chi connectivity index (χ4v) is 5.59. The quantitative estimate of drug-likeness (QED) is 0.486. The van der Waals surface area contributed by atoms with Gasteiger partial charge in [0.05, 0.1) is 8.07 Å². The Labute approximate surface area is 121 Å². The van der Waals surface area contributed by atoms with Crippen molar-refractivity contribution in [3.63, 3.8) is 0 Å². The summed E-state index contributed by atoms with van der Waals surface area (Å²) in [6.45, 7) is 4.79. The smallest absolute Gasteiger partial charge is 0.0832 e. The molecule has 0 aromatic rings. The molecule has 0 saturated carbocycles. The standard InChI is InChI=1S/C10H16Si.C5H5.Ti/c1-9-4-5-10(8-9)11(2)6-3-7-11;1-2-4-5-3-1;/h5,8H,3-4,6-7H2,1-2H3;1-3H,4H2;/q;-1;. The van der Waals surface area contributed by atoms with Crippen molar-refractivity contribution in [3.8, 4) is 0 Å². The van der Waals surface area contributed by atoms with Gasteiger partial charge in [-0.1, -0.05) is 48.0 Å². The van der Waals surface area contributed by atoms with E-state index in [9.17, 15) is 0 Å². The summed E-state index contributed by atoms with van der Waals surface area (Å²) in [6.07, 6.45) is 17.6. The molecule has 1 fully saturated rings. The zero-order valence-electron chi connectivity index (χ0n) is 10.9. The molecule has 0 unspecified atom stereocenters. The molecule has 2 aliphatic carbocycles. The van der Waals surface area contributed by atoms with E-state index in [4.69, 9.17) is 0 Å². The van der Waals surface area contributed by atoms with Gasteiger partial charge in [-0.3, -0.25) is 6.08 Å². The molecule has 0 aromatic heterocycles. The van der Waals surface area contributed by atoms with Crippen LogP contribution in [0.25, 0.3) is 0 Å². The van der Waals surface area contributed by atoms with E-state index < -0.39 is 8.07 Å². The van der Waals surface area contributed by atoms with Crippen LogP contribution in [0.1, 0.15) is 26.2 Å². The molecular formula is C15H21SiTi-. The van der Waals surface area contributed by atoms with Crippen molar-refractivity contribution in [2.24, 2.45) is 0 Å². The van der Waals surface area contributed by atoms with Crippen molar-refractivity contribution >= 4 is 8.07 Å². The summed E-state index contributed by atoms with van der Waals surface area (Å²) < 4.78 is 0. The van der Waals surface area contributed by atoms with Crippen molar-refractivity contribution in [3.05, 3.63) is 47.2 Å². The van der Waals surface area contributed by atoms with Crippen LogP contribution < -0.4 is 0 Å². The summed E-state index contributed by atoms with van der Waals surface area (Å²) in [4.78, 5) is 0. The Morgan fingerprint density at radius 3 is 2.35 bits per heavy atom. The molecule has 1 saturated heterocycles. The third-order valence-electron chi connectivity index (χ3n) is 3.79. The Morgan fingerprint density at radius 1 is 1.29 bits per heavy atom. The van der Waals surface area contributed by atoms with E-state index in [1.54, 1.807) is 22.9 Å². The first-order chi connectivity index (χ1) is 7.71. The first-order valence-electron chi connectivity index (χ1n) is 6.30. The largest absolute Gasteiger partial charge is 0.273 e. The van der Waals surface area contributed by atoms with Crippen LogP contribution in [-0.4, -0.2) is 8.07 Å². The molecule has 0 N–H and O–H groups in total. The molecule has 0 nitrogen and oxygen atoms in total. The van der Waals surface area contributed by atoms with Gasteiger partial charge in [0.25, 0.3) is 0 Å². The molecule has 0 amide bonds. The van der Waals surface area contributed by atoms with Gasteiger partial charge in [-0.2, -0.15) is 6.08 Å². The van der Waals surface area contributed by atoms with E-state index in [-0.39, 0.29) is 21.7 Å². The van der Waals surface area contributed by atoms with Crippen LogP contribution >= 0.6 is 0 Å². The molecule has 0 radical (unpaired) electrons. The predicted molar refractivity (Wildman–Crippen MR) is 73.9 cm³/mol. The molecule has 0 spiro atoms. The summed E-state index contributed by atoms with van der Waals surface area (Å²) in [5.41, 5.74) is 1.57. The van der Waals surface area contributed by atoms with Gasteiger partial charge in [-0.05, 0) is 13.3 Å². The number of hydrogen-bond donors (Lipinski definition) is 0. The molecule has 3 rings (SSSR count).